The van der Waals surface area contributed by atoms with E-state index in [0.29, 0.717) is 0 Å². The fourth-order valence-corrected chi connectivity index (χ4v) is 3.25. The van der Waals surface area contributed by atoms with Crippen LogP contribution in [0.4, 0.5) is 4.39 Å². The number of rotatable bonds is 2. The first-order valence-electron chi connectivity index (χ1n) is 7.02. The molecule has 0 spiro atoms. The number of thiazole rings is 1. The summed E-state index contributed by atoms with van der Waals surface area (Å²) in [6.45, 7) is 3.71. The predicted octanol–water partition coefficient (Wildman–Crippen LogP) is 3.70. The third kappa shape index (κ3) is 4.81. The van der Waals surface area contributed by atoms with Crippen LogP contribution in [0.25, 0.3) is 10.2 Å². The molecule has 1 unspecified atom stereocenters. The number of hydrogen-bond acceptors (Lipinski definition) is 5. The maximum atomic E-state index is 12.8. The zero-order valence-electron chi connectivity index (χ0n) is 13.1. The smallest absolute Gasteiger partial charge is 0.294 e. The first-order chi connectivity index (χ1) is 11.2. The van der Waals surface area contributed by atoms with Gasteiger partial charge < -0.3 is 5.73 Å². The number of benzene rings is 2. The van der Waals surface area contributed by atoms with E-state index in [9.17, 15) is 12.8 Å². The van der Waals surface area contributed by atoms with E-state index >= 15 is 0 Å². The van der Waals surface area contributed by atoms with Crippen LogP contribution < -0.4 is 5.73 Å². The lowest BCUT2D eigenvalue weighted by atomic mass is 10.2. The average molecular weight is 368 g/mol. The van der Waals surface area contributed by atoms with Gasteiger partial charge in [-0.25, -0.2) is 9.37 Å². The minimum Gasteiger partial charge on any atom is -0.322 e. The molecule has 0 bridgehead atoms. The van der Waals surface area contributed by atoms with Crippen LogP contribution in [0.15, 0.2) is 47.4 Å². The van der Waals surface area contributed by atoms with Crippen molar-refractivity contribution in [3.63, 3.8) is 0 Å². The normalized spacial score (nSPS) is 12.5. The molecule has 24 heavy (non-hydrogen) atoms. The van der Waals surface area contributed by atoms with E-state index in [1.54, 1.807) is 18.2 Å². The van der Waals surface area contributed by atoms with Crippen molar-refractivity contribution in [2.75, 3.05) is 0 Å². The summed E-state index contributed by atoms with van der Waals surface area (Å²) in [6, 6.07) is 10.5. The summed E-state index contributed by atoms with van der Waals surface area (Å²) >= 11 is 1.44. The van der Waals surface area contributed by atoms with E-state index < -0.39 is 10.1 Å². The van der Waals surface area contributed by atoms with Crippen molar-refractivity contribution in [2.24, 2.45) is 5.73 Å². The molecule has 0 saturated carbocycles. The molecule has 0 aliphatic heterocycles. The Balaban J connectivity index is 0.000000177. The molecular weight excluding hydrogens is 351 g/mol. The SMILES string of the molecule is CC(N)c1nc2ccc(F)cc2s1.Cc1ccc(S(=O)(=O)O)cc1. The highest BCUT2D eigenvalue weighted by molar-refractivity contribution is 7.85. The lowest BCUT2D eigenvalue weighted by molar-refractivity contribution is 0.483. The molecule has 1 heterocycles. The fourth-order valence-electron chi connectivity index (χ4n) is 1.82. The van der Waals surface area contributed by atoms with Crippen LogP contribution in [0.5, 0.6) is 0 Å². The van der Waals surface area contributed by atoms with Gasteiger partial charge in [0.15, 0.2) is 0 Å². The second kappa shape index (κ2) is 7.35. The molecule has 0 saturated heterocycles. The van der Waals surface area contributed by atoms with Gasteiger partial charge in [0.05, 0.1) is 21.2 Å². The van der Waals surface area contributed by atoms with Gasteiger partial charge in [-0.15, -0.1) is 11.3 Å². The number of nitrogens with two attached hydrogens (primary N) is 1. The summed E-state index contributed by atoms with van der Waals surface area (Å²) in [5, 5.41) is 0.848. The van der Waals surface area contributed by atoms with Gasteiger partial charge in [0.1, 0.15) is 10.8 Å². The molecule has 5 nitrogen and oxygen atoms in total. The van der Waals surface area contributed by atoms with E-state index in [4.69, 9.17) is 10.3 Å². The Labute approximate surface area is 143 Å². The first kappa shape index (κ1) is 18.5. The molecule has 8 heteroatoms. The molecule has 0 aliphatic rings. The van der Waals surface area contributed by atoms with E-state index in [-0.39, 0.29) is 16.8 Å². The Morgan fingerprint density at radius 1 is 1.21 bits per heavy atom. The zero-order chi connectivity index (χ0) is 17.9. The van der Waals surface area contributed by atoms with Gasteiger partial charge in [-0.1, -0.05) is 17.7 Å². The van der Waals surface area contributed by atoms with Gasteiger partial charge in [0, 0.05) is 0 Å². The highest BCUT2D eigenvalue weighted by atomic mass is 32.2. The second-order valence-electron chi connectivity index (χ2n) is 5.24. The van der Waals surface area contributed by atoms with Crippen LogP contribution in [0.3, 0.4) is 0 Å². The molecule has 1 atom stereocenters. The third-order valence-electron chi connectivity index (χ3n) is 3.08. The topological polar surface area (TPSA) is 93.3 Å². The standard InChI is InChI=1S/C9H9FN2S.C7H8O3S/c1-5(11)9-12-7-3-2-6(10)4-8(7)13-9;1-6-2-4-7(5-3-6)11(8,9)10/h2-5H,11H2,1H3;2-5H,1H3,(H,8,9,10). The summed E-state index contributed by atoms with van der Waals surface area (Å²) < 4.78 is 43.2. The Morgan fingerprint density at radius 2 is 1.83 bits per heavy atom. The number of fused-ring (bicyclic) bond motifs is 1. The number of aromatic nitrogens is 1. The number of halogens is 1. The minimum atomic E-state index is -4.02. The van der Waals surface area contributed by atoms with Crippen molar-refractivity contribution in [3.05, 3.63) is 58.9 Å². The van der Waals surface area contributed by atoms with Gasteiger partial charge in [-0.05, 0) is 44.2 Å². The molecule has 0 fully saturated rings. The second-order valence-corrected chi connectivity index (χ2v) is 7.72. The van der Waals surface area contributed by atoms with E-state index in [0.717, 1.165) is 20.8 Å². The molecule has 2 aromatic carbocycles. The number of hydrogen-bond donors (Lipinski definition) is 2. The summed E-state index contributed by atoms with van der Waals surface area (Å²) in [4.78, 5) is 4.21. The maximum absolute atomic E-state index is 12.8. The molecule has 1 aromatic heterocycles. The quantitative estimate of drug-likeness (QED) is 0.673. The largest absolute Gasteiger partial charge is 0.322 e. The summed E-state index contributed by atoms with van der Waals surface area (Å²) in [6.07, 6.45) is 0. The molecule has 3 aromatic rings. The lowest BCUT2D eigenvalue weighted by Gasteiger charge is -1.95. The van der Waals surface area contributed by atoms with Crippen LogP contribution in [0, 0.1) is 12.7 Å². The van der Waals surface area contributed by atoms with Crippen LogP contribution in [-0.4, -0.2) is 18.0 Å². The zero-order valence-corrected chi connectivity index (χ0v) is 14.7. The van der Waals surface area contributed by atoms with Gasteiger partial charge in [0.25, 0.3) is 10.1 Å². The molecule has 128 valence electrons. The fraction of sp³-hybridized carbons (Fsp3) is 0.188. The van der Waals surface area contributed by atoms with Gasteiger partial charge in [0.2, 0.25) is 0 Å². The number of nitrogens with zero attached hydrogens (tertiary/aromatic N) is 1. The Kier molecular flexibility index (Phi) is 5.66. The highest BCUT2D eigenvalue weighted by Gasteiger charge is 2.08. The molecular formula is C16H17FN2O3S2. The molecule has 0 aliphatic carbocycles. The van der Waals surface area contributed by atoms with Crippen LogP contribution in [-0.2, 0) is 10.1 Å². The van der Waals surface area contributed by atoms with Crippen LogP contribution in [0.2, 0.25) is 0 Å². The third-order valence-corrected chi connectivity index (χ3v) is 5.16. The Morgan fingerprint density at radius 3 is 2.38 bits per heavy atom. The van der Waals surface area contributed by atoms with E-state index in [1.165, 1.54) is 35.6 Å². The first-order valence-corrected chi connectivity index (χ1v) is 9.28. The molecule has 0 radical (unpaired) electrons. The minimum absolute atomic E-state index is 0.0666. The van der Waals surface area contributed by atoms with E-state index in [2.05, 4.69) is 4.98 Å². The molecule has 3 rings (SSSR count). The highest BCUT2D eigenvalue weighted by Crippen LogP contribution is 2.25. The van der Waals surface area contributed by atoms with Gasteiger partial charge >= 0.3 is 0 Å². The van der Waals surface area contributed by atoms with Crippen LogP contribution in [0.1, 0.15) is 23.5 Å². The van der Waals surface area contributed by atoms with Gasteiger partial charge in [-0.3, -0.25) is 4.55 Å². The predicted molar refractivity (Wildman–Crippen MR) is 93.2 cm³/mol. The van der Waals surface area contributed by atoms with Crippen molar-refractivity contribution in [1.82, 2.24) is 4.98 Å². The Bertz CT molecular complexity index is 936. The molecule has 0 amide bonds. The lowest BCUT2D eigenvalue weighted by Crippen LogP contribution is -2.03. The summed E-state index contributed by atoms with van der Waals surface area (Å²) in [5.74, 6) is -0.229. The van der Waals surface area contributed by atoms with Crippen molar-refractivity contribution >= 4 is 31.7 Å². The van der Waals surface area contributed by atoms with Crippen molar-refractivity contribution < 1.29 is 17.4 Å². The average Bonchev–Trinajstić information content (AvgIpc) is 2.90. The maximum Gasteiger partial charge on any atom is 0.294 e. The van der Waals surface area contributed by atoms with Crippen molar-refractivity contribution in [2.45, 2.75) is 24.8 Å². The number of aryl methyl sites for hydroxylation is 1. The van der Waals surface area contributed by atoms with Crippen molar-refractivity contribution in [3.8, 4) is 0 Å². The molecule has 3 N–H and O–H groups in total. The summed E-state index contributed by atoms with van der Waals surface area (Å²) in [7, 11) is -4.02. The summed E-state index contributed by atoms with van der Waals surface area (Å²) in [5.41, 5.74) is 7.44. The Hall–Kier alpha value is -1.87. The monoisotopic (exact) mass is 368 g/mol. The van der Waals surface area contributed by atoms with E-state index in [1.807, 2.05) is 13.8 Å². The van der Waals surface area contributed by atoms with Crippen LogP contribution >= 0.6 is 11.3 Å². The van der Waals surface area contributed by atoms with Gasteiger partial charge in [-0.2, -0.15) is 8.42 Å². The van der Waals surface area contributed by atoms with Crippen molar-refractivity contribution in [1.29, 1.82) is 0 Å².